The number of carbonyl (C=O) groups excluding carboxylic acids is 1. The van der Waals surface area contributed by atoms with Crippen LogP contribution >= 0.6 is 11.6 Å². The molecule has 7 heteroatoms. The van der Waals surface area contributed by atoms with Crippen molar-refractivity contribution >= 4 is 27.7 Å². The van der Waals surface area contributed by atoms with Crippen LogP contribution in [0, 0.1) is 6.92 Å². The lowest BCUT2D eigenvalue weighted by Gasteiger charge is -2.12. The lowest BCUT2D eigenvalue weighted by Crippen LogP contribution is -2.14. The van der Waals surface area contributed by atoms with Crippen LogP contribution in [0.3, 0.4) is 0 Å². The zero-order chi connectivity index (χ0) is 17.0. The lowest BCUT2D eigenvalue weighted by atomic mass is 10.2. The molecular weight excluding hydrogens is 340 g/mol. The summed E-state index contributed by atoms with van der Waals surface area (Å²) < 4.78 is 34.8. The molecule has 2 rings (SSSR count). The van der Waals surface area contributed by atoms with Crippen molar-refractivity contribution in [2.24, 2.45) is 0 Å². The molecule has 0 atom stereocenters. The second-order valence-electron chi connectivity index (χ2n) is 4.69. The van der Waals surface area contributed by atoms with Gasteiger partial charge in [-0.1, -0.05) is 29.8 Å². The summed E-state index contributed by atoms with van der Waals surface area (Å²) in [4.78, 5) is 11.7. The molecule has 0 aliphatic rings. The predicted molar refractivity (Wildman–Crippen MR) is 86.4 cm³/mol. The Morgan fingerprint density at radius 3 is 2.52 bits per heavy atom. The average molecular weight is 355 g/mol. The molecular formula is C16H15ClO5S. The molecule has 0 aliphatic carbocycles. The number of halogens is 1. The fourth-order valence-electron chi connectivity index (χ4n) is 1.89. The Morgan fingerprint density at radius 1 is 1.17 bits per heavy atom. The largest absolute Gasteiger partial charge is 0.462 e. The summed E-state index contributed by atoms with van der Waals surface area (Å²) in [6.07, 6.45) is 0. The molecule has 0 unspecified atom stereocenters. The first-order valence-electron chi connectivity index (χ1n) is 6.82. The van der Waals surface area contributed by atoms with E-state index in [0.29, 0.717) is 0 Å². The summed E-state index contributed by atoms with van der Waals surface area (Å²) >= 11 is 5.98. The number of benzene rings is 2. The average Bonchev–Trinajstić information content (AvgIpc) is 2.47. The number of para-hydroxylation sites is 1. The number of aryl methyl sites for hydroxylation is 1. The van der Waals surface area contributed by atoms with Crippen molar-refractivity contribution in [2.75, 3.05) is 6.61 Å². The van der Waals surface area contributed by atoms with E-state index >= 15 is 0 Å². The Balaban J connectivity index is 2.40. The van der Waals surface area contributed by atoms with Crippen molar-refractivity contribution in [3.63, 3.8) is 0 Å². The standard InChI is InChI=1S/C16H15ClO5S/c1-3-21-16(18)12-6-4-5-7-14(12)22-23(19,20)15-9-8-11(2)10-13(15)17/h4-10H,3H2,1-2H3. The van der Waals surface area contributed by atoms with Crippen molar-refractivity contribution in [2.45, 2.75) is 18.7 Å². The fourth-order valence-corrected chi connectivity index (χ4v) is 3.41. The second-order valence-corrected chi connectivity index (χ2v) is 6.61. The Hall–Kier alpha value is -2.05. The van der Waals surface area contributed by atoms with Crippen molar-refractivity contribution < 1.29 is 22.1 Å². The van der Waals surface area contributed by atoms with Crippen LogP contribution in [0.4, 0.5) is 0 Å². The molecule has 0 bridgehead atoms. The number of esters is 1. The highest BCUT2D eigenvalue weighted by atomic mass is 35.5. The molecule has 0 aliphatic heterocycles. The molecule has 0 heterocycles. The highest BCUT2D eigenvalue weighted by Crippen LogP contribution is 2.28. The van der Waals surface area contributed by atoms with Gasteiger partial charge in [-0.3, -0.25) is 0 Å². The molecule has 0 radical (unpaired) electrons. The molecule has 0 aromatic heterocycles. The smallest absolute Gasteiger partial charge is 0.341 e. The van der Waals surface area contributed by atoms with Gasteiger partial charge in [0.15, 0.2) is 5.75 Å². The third-order valence-corrected chi connectivity index (χ3v) is 4.66. The topological polar surface area (TPSA) is 69.7 Å². The van der Waals surface area contributed by atoms with E-state index in [1.54, 1.807) is 32.0 Å². The van der Waals surface area contributed by atoms with Crippen LogP contribution in [0.25, 0.3) is 0 Å². The van der Waals surface area contributed by atoms with Crippen molar-refractivity contribution in [1.82, 2.24) is 0 Å². The van der Waals surface area contributed by atoms with E-state index in [0.717, 1.165) is 5.56 Å². The molecule has 23 heavy (non-hydrogen) atoms. The summed E-state index contributed by atoms with van der Waals surface area (Å²) in [5.41, 5.74) is 0.849. The summed E-state index contributed by atoms with van der Waals surface area (Å²) in [5.74, 6) is -0.768. The van der Waals surface area contributed by atoms with Crippen molar-refractivity contribution in [3.8, 4) is 5.75 Å². The minimum atomic E-state index is -4.17. The van der Waals surface area contributed by atoms with Gasteiger partial charge in [0.1, 0.15) is 10.5 Å². The van der Waals surface area contributed by atoms with E-state index < -0.39 is 16.1 Å². The molecule has 0 saturated carbocycles. The number of hydrogen-bond acceptors (Lipinski definition) is 5. The third-order valence-electron chi connectivity index (χ3n) is 2.94. The van der Waals surface area contributed by atoms with Gasteiger partial charge in [-0.15, -0.1) is 0 Å². The van der Waals surface area contributed by atoms with Gasteiger partial charge >= 0.3 is 16.1 Å². The van der Waals surface area contributed by atoms with Crippen LogP contribution in [-0.4, -0.2) is 21.0 Å². The fraction of sp³-hybridized carbons (Fsp3) is 0.188. The molecule has 0 N–H and O–H groups in total. The maximum atomic E-state index is 12.4. The van der Waals surface area contributed by atoms with Gasteiger partial charge in [0, 0.05) is 0 Å². The van der Waals surface area contributed by atoms with Crippen molar-refractivity contribution in [3.05, 3.63) is 58.6 Å². The van der Waals surface area contributed by atoms with E-state index in [1.165, 1.54) is 24.3 Å². The summed E-state index contributed by atoms with van der Waals surface area (Å²) in [6, 6.07) is 10.5. The van der Waals surface area contributed by atoms with Gasteiger partial charge < -0.3 is 8.92 Å². The summed E-state index contributed by atoms with van der Waals surface area (Å²) in [6.45, 7) is 3.62. The zero-order valence-corrected chi connectivity index (χ0v) is 14.1. The quantitative estimate of drug-likeness (QED) is 0.606. The van der Waals surface area contributed by atoms with Gasteiger partial charge in [0.25, 0.3) is 0 Å². The van der Waals surface area contributed by atoms with E-state index in [4.69, 9.17) is 20.5 Å². The van der Waals surface area contributed by atoms with E-state index in [1.807, 2.05) is 0 Å². The Morgan fingerprint density at radius 2 is 1.87 bits per heavy atom. The number of hydrogen-bond donors (Lipinski definition) is 0. The molecule has 0 amide bonds. The molecule has 2 aromatic rings. The SMILES string of the molecule is CCOC(=O)c1ccccc1OS(=O)(=O)c1ccc(C)cc1Cl. The van der Waals surface area contributed by atoms with E-state index in [2.05, 4.69) is 0 Å². The van der Waals surface area contributed by atoms with Gasteiger partial charge in [0.05, 0.1) is 11.6 Å². The zero-order valence-electron chi connectivity index (χ0n) is 12.6. The highest BCUT2D eigenvalue weighted by Gasteiger charge is 2.23. The predicted octanol–water partition coefficient (Wildman–Crippen LogP) is 3.59. The maximum absolute atomic E-state index is 12.4. The van der Waals surface area contributed by atoms with Crippen LogP contribution in [0.5, 0.6) is 5.75 Å². The Labute approximate surface area is 139 Å². The van der Waals surface area contributed by atoms with Crippen molar-refractivity contribution in [1.29, 1.82) is 0 Å². The van der Waals surface area contributed by atoms with Gasteiger partial charge in [-0.25, -0.2) is 4.79 Å². The molecule has 0 fully saturated rings. The summed E-state index contributed by atoms with van der Waals surface area (Å²) in [5, 5.41) is 0.0543. The van der Waals surface area contributed by atoms with Gasteiger partial charge in [-0.2, -0.15) is 8.42 Å². The van der Waals surface area contributed by atoms with E-state index in [-0.39, 0.29) is 27.8 Å². The first kappa shape index (κ1) is 17.3. The maximum Gasteiger partial charge on any atom is 0.341 e. The summed E-state index contributed by atoms with van der Waals surface area (Å²) in [7, 11) is -4.17. The molecule has 2 aromatic carbocycles. The lowest BCUT2D eigenvalue weighted by molar-refractivity contribution is 0.0524. The van der Waals surface area contributed by atoms with Crippen LogP contribution in [-0.2, 0) is 14.9 Å². The van der Waals surface area contributed by atoms with Crippen LogP contribution in [0.2, 0.25) is 5.02 Å². The van der Waals surface area contributed by atoms with E-state index in [9.17, 15) is 13.2 Å². The van der Waals surface area contributed by atoms with Gasteiger partial charge in [-0.05, 0) is 43.7 Å². The third kappa shape index (κ3) is 4.03. The molecule has 122 valence electrons. The molecule has 0 spiro atoms. The number of carbonyl (C=O) groups is 1. The van der Waals surface area contributed by atoms with Crippen LogP contribution < -0.4 is 4.18 Å². The normalized spacial score (nSPS) is 11.1. The molecule has 0 saturated heterocycles. The minimum absolute atomic E-state index is 0.0289. The number of rotatable bonds is 5. The first-order chi connectivity index (χ1) is 10.8. The highest BCUT2D eigenvalue weighted by molar-refractivity contribution is 7.87. The minimum Gasteiger partial charge on any atom is -0.462 e. The Kier molecular flexibility index (Phi) is 5.28. The monoisotopic (exact) mass is 354 g/mol. The second kappa shape index (κ2) is 7.02. The first-order valence-corrected chi connectivity index (χ1v) is 8.60. The Bertz CT molecular complexity index is 830. The number of ether oxygens (including phenoxy) is 1. The van der Waals surface area contributed by atoms with Crippen LogP contribution in [0.1, 0.15) is 22.8 Å². The van der Waals surface area contributed by atoms with Gasteiger partial charge in [0.2, 0.25) is 0 Å². The van der Waals surface area contributed by atoms with Crippen LogP contribution in [0.15, 0.2) is 47.4 Å². The molecule has 5 nitrogen and oxygen atoms in total.